The second-order valence-corrected chi connectivity index (χ2v) is 5.52. The van der Waals surface area contributed by atoms with Gasteiger partial charge in [-0.1, -0.05) is 20.8 Å². The molecule has 0 aromatic rings. The highest BCUT2D eigenvalue weighted by Crippen LogP contribution is 2.21. The summed E-state index contributed by atoms with van der Waals surface area (Å²) in [5.41, 5.74) is 0. The first-order valence-electron chi connectivity index (χ1n) is 7.14. The van der Waals surface area contributed by atoms with Crippen LogP contribution < -0.4 is 5.32 Å². The molecule has 108 valence electrons. The van der Waals surface area contributed by atoms with Crippen molar-refractivity contribution in [2.45, 2.75) is 45.4 Å². The molecule has 18 heavy (non-hydrogen) atoms. The Morgan fingerprint density at radius 1 is 1.17 bits per heavy atom. The lowest BCUT2D eigenvalue weighted by Gasteiger charge is -2.31. The molecule has 1 saturated heterocycles. The Morgan fingerprint density at radius 3 is 2.11 bits per heavy atom. The van der Waals surface area contributed by atoms with Gasteiger partial charge < -0.3 is 14.8 Å². The molecule has 4 heteroatoms. The van der Waals surface area contributed by atoms with Gasteiger partial charge >= 0.3 is 0 Å². The lowest BCUT2D eigenvalue weighted by atomic mass is 10.0. The van der Waals surface area contributed by atoms with Gasteiger partial charge in [0.25, 0.3) is 0 Å². The SMILES string of the molecule is CCCNCC(C(C)C)N1CC(OC)C(OC)C1. The quantitative estimate of drug-likeness (QED) is 0.667. The van der Waals surface area contributed by atoms with Crippen LogP contribution in [0.3, 0.4) is 0 Å². The molecule has 1 rings (SSSR count). The molecule has 3 unspecified atom stereocenters. The van der Waals surface area contributed by atoms with Gasteiger partial charge in [0, 0.05) is 39.9 Å². The highest BCUT2D eigenvalue weighted by atomic mass is 16.5. The number of hydrogen-bond acceptors (Lipinski definition) is 4. The van der Waals surface area contributed by atoms with Gasteiger partial charge in [-0.05, 0) is 18.9 Å². The summed E-state index contributed by atoms with van der Waals surface area (Å²) in [6.07, 6.45) is 1.61. The molecule has 0 amide bonds. The highest BCUT2D eigenvalue weighted by molar-refractivity contribution is 4.91. The molecule has 0 radical (unpaired) electrons. The van der Waals surface area contributed by atoms with Gasteiger partial charge in [0.15, 0.2) is 0 Å². The molecule has 1 aliphatic rings. The van der Waals surface area contributed by atoms with Crippen LogP contribution in [0.15, 0.2) is 0 Å². The second kappa shape index (κ2) is 8.10. The summed E-state index contributed by atoms with van der Waals surface area (Å²) in [7, 11) is 3.56. The Balaban J connectivity index is 2.53. The number of hydrogen-bond donors (Lipinski definition) is 1. The minimum atomic E-state index is 0.211. The smallest absolute Gasteiger partial charge is 0.0971 e. The average molecular weight is 258 g/mol. The molecular formula is C14H30N2O2. The lowest BCUT2D eigenvalue weighted by Crippen LogP contribution is -2.45. The van der Waals surface area contributed by atoms with E-state index in [-0.39, 0.29) is 12.2 Å². The Bertz CT molecular complexity index is 212. The third-order valence-electron chi connectivity index (χ3n) is 3.87. The van der Waals surface area contributed by atoms with Crippen molar-refractivity contribution in [1.29, 1.82) is 0 Å². The maximum Gasteiger partial charge on any atom is 0.0971 e. The van der Waals surface area contributed by atoms with Crippen LogP contribution in [0.4, 0.5) is 0 Å². The highest BCUT2D eigenvalue weighted by Gasteiger charge is 2.37. The van der Waals surface area contributed by atoms with Gasteiger partial charge in [-0.2, -0.15) is 0 Å². The van der Waals surface area contributed by atoms with E-state index in [9.17, 15) is 0 Å². The summed E-state index contributed by atoms with van der Waals surface area (Å²) >= 11 is 0. The zero-order valence-electron chi connectivity index (χ0n) is 12.6. The number of likely N-dealkylation sites (tertiary alicyclic amines) is 1. The van der Waals surface area contributed by atoms with E-state index in [1.165, 1.54) is 6.42 Å². The number of methoxy groups -OCH3 is 2. The van der Waals surface area contributed by atoms with Gasteiger partial charge in [0.1, 0.15) is 0 Å². The van der Waals surface area contributed by atoms with Crippen LogP contribution in [0.2, 0.25) is 0 Å². The van der Waals surface area contributed by atoms with Gasteiger partial charge in [-0.25, -0.2) is 0 Å². The van der Waals surface area contributed by atoms with Crippen LogP contribution in [0.25, 0.3) is 0 Å². The second-order valence-electron chi connectivity index (χ2n) is 5.52. The first kappa shape index (κ1) is 15.9. The van der Waals surface area contributed by atoms with Gasteiger partial charge in [0.05, 0.1) is 12.2 Å². The molecule has 1 aliphatic heterocycles. The topological polar surface area (TPSA) is 33.7 Å². The molecule has 0 aliphatic carbocycles. The minimum absolute atomic E-state index is 0.211. The maximum atomic E-state index is 5.51. The summed E-state index contributed by atoms with van der Waals surface area (Å²) < 4.78 is 11.0. The zero-order chi connectivity index (χ0) is 13.5. The normalized spacial score (nSPS) is 27.0. The van der Waals surface area contributed by atoms with E-state index in [4.69, 9.17) is 9.47 Å². The van der Waals surface area contributed by atoms with E-state index >= 15 is 0 Å². The van der Waals surface area contributed by atoms with Crippen LogP contribution in [-0.4, -0.2) is 63.5 Å². The summed E-state index contributed by atoms with van der Waals surface area (Å²) in [5.74, 6) is 0.641. The third-order valence-corrected chi connectivity index (χ3v) is 3.87. The van der Waals surface area contributed by atoms with Crippen molar-refractivity contribution in [1.82, 2.24) is 10.2 Å². The Labute approximate surface area is 112 Å². The Kier molecular flexibility index (Phi) is 7.15. The lowest BCUT2D eigenvalue weighted by molar-refractivity contribution is -0.00461. The molecule has 1 N–H and O–H groups in total. The Hall–Kier alpha value is -0.160. The first-order chi connectivity index (χ1) is 8.63. The molecule has 4 nitrogen and oxygen atoms in total. The van der Waals surface area contributed by atoms with Crippen LogP contribution in [0.1, 0.15) is 27.2 Å². The minimum Gasteiger partial charge on any atom is -0.377 e. The monoisotopic (exact) mass is 258 g/mol. The van der Waals surface area contributed by atoms with Crippen molar-refractivity contribution in [3.63, 3.8) is 0 Å². The molecule has 0 saturated carbocycles. The molecule has 1 fully saturated rings. The van der Waals surface area contributed by atoms with Gasteiger partial charge in [-0.15, -0.1) is 0 Å². The number of ether oxygens (including phenoxy) is 2. The fraction of sp³-hybridized carbons (Fsp3) is 1.00. The van der Waals surface area contributed by atoms with Crippen LogP contribution in [0, 0.1) is 5.92 Å². The van der Waals surface area contributed by atoms with E-state index < -0.39 is 0 Å². The van der Waals surface area contributed by atoms with Gasteiger partial charge in [0.2, 0.25) is 0 Å². The number of nitrogens with one attached hydrogen (secondary N) is 1. The van der Waals surface area contributed by atoms with Gasteiger partial charge in [-0.3, -0.25) is 4.90 Å². The predicted molar refractivity (Wildman–Crippen MR) is 75.0 cm³/mol. The first-order valence-corrected chi connectivity index (χ1v) is 7.14. The van der Waals surface area contributed by atoms with E-state index in [0.717, 1.165) is 26.2 Å². The van der Waals surface area contributed by atoms with E-state index in [2.05, 4.69) is 31.0 Å². The van der Waals surface area contributed by atoms with Crippen LogP contribution in [0.5, 0.6) is 0 Å². The molecule has 0 spiro atoms. The third kappa shape index (κ3) is 4.19. The summed E-state index contributed by atoms with van der Waals surface area (Å²) in [6.45, 7) is 10.9. The average Bonchev–Trinajstić information content (AvgIpc) is 2.77. The standard InChI is InChI=1S/C14H30N2O2/c1-6-7-15-8-12(11(2)3)16-9-13(17-4)14(10-16)18-5/h11-15H,6-10H2,1-5H3. The molecule has 0 bridgehead atoms. The molecule has 0 aromatic carbocycles. The Morgan fingerprint density at radius 2 is 1.72 bits per heavy atom. The van der Waals surface area contributed by atoms with Crippen molar-refractivity contribution in [2.75, 3.05) is 40.4 Å². The summed E-state index contributed by atoms with van der Waals surface area (Å²) in [6, 6.07) is 0.564. The van der Waals surface area contributed by atoms with Crippen molar-refractivity contribution < 1.29 is 9.47 Å². The molecule has 3 atom stereocenters. The fourth-order valence-corrected chi connectivity index (χ4v) is 2.71. The summed E-state index contributed by atoms with van der Waals surface area (Å²) in [4.78, 5) is 2.51. The van der Waals surface area contributed by atoms with E-state index in [1.54, 1.807) is 14.2 Å². The molecular weight excluding hydrogens is 228 g/mol. The molecule has 1 heterocycles. The zero-order valence-corrected chi connectivity index (χ0v) is 12.6. The van der Waals surface area contributed by atoms with Crippen LogP contribution >= 0.6 is 0 Å². The van der Waals surface area contributed by atoms with Crippen LogP contribution in [-0.2, 0) is 9.47 Å². The molecule has 0 aromatic heterocycles. The van der Waals surface area contributed by atoms with E-state index in [0.29, 0.717) is 12.0 Å². The van der Waals surface area contributed by atoms with Crippen molar-refractivity contribution >= 4 is 0 Å². The largest absolute Gasteiger partial charge is 0.377 e. The maximum absolute atomic E-state index is 5.51. The summed E-state index contributed by atoms with van der Waals surface area (Å²) in [5, 5.41) is 3.54. The van der Waals surface area contributed by atoms with Crippen molar-refractivity contribution in [3.8, 4) is 0 Å². The predicted octanol–water partition coefficient (Wildman–Crippen LogP) is 1.36. The number of rotatable bonds is 8. The number of nitrogens with zero attached hydrogens (tertiary/aromatic N) is 1. The van der Waals surface area contributed by atoms with Crippen molar-refractivity contribution in [3.05, 3.63) is 0 Å². The van der Waals surface area contributed by atoms with Crippen molar-refractivity contribution in [2.24, 2.45) is 5.92 Å². The fourth-order valence-electron chi connectivity index (χ4n) is 2.71. The van der Waals surface area contributed by atoms with E-state index in [1.807, 2.05) is 0 Å².